The summed E-state index contributed by atoms with van der Waals surface area (Å²) >= 11 is 1.40. The van der Waals surface area contributed by atoms with Crippen LogP contribution in [-0.4, -0.2) is 23.2 Å². The molecule has 1 amide bonds. The van der Waals surface area contributed by atoms with Gasteiger partial charge in [0.05, 0.1) is 16.1 Å². The fraction of sp³-hybridized carbons (Fsp3) is 0.333. The van der Waals surface area contributed by atoms with Crippen molar-refractivity contribution in [3.05, 3.63) is 69.6 Å². The first kappa shape index (κ1) is 22.4. The Hall–Kier alpha value is -2.79. The van der Waals surface area contributed by atoms with E-state index in [4.69, 9.17) is 0 Å². The molecule has 2 aromatic rings. The number of aliphatic imine (C=N–C) groups is 1. The van der Waals surface area contributed by atoms with E-state index in [2.05, 4.69) is 68.0 Å². The number of para-hydroxylation sites is 1. The maximum Gasteiger partial charge on any atom is 0.264 e. The van der Waals surface area contributed by atoms with Gasteiger partial charge < -0.3 is 10.2 Å². The van der Waals surface area contributed by atoms with E-state index in [1.54, 1.807) is 0 Å². The lowest BCUT2D eigenvalue weighted by Gasteiger charge is -2.43. The summed E-state index contributed by atoms with van der Waals surface area (Å²) in [6.45, 7) is 14.1. The standard InChI is InChI=1S/C27H31N3OS/c1-7-12-30-23-13-18(3)20(14-21(23)19(4)16-27(30,5)6)15-24-25(31)29-26(32-24)28-22-11-9-8-10-17(22)2/h8-11,13-16H,7,12H2,1-6H3,(H,28,29,31)/b24-15+. The van der Waals surface area contributed by atoms with Crippen LogP contribution in [0.2, 0.25) is 0 Å². The first-order chi connectivity index (χ1) is 15.2. The summed E-state index contributed by atoms with van der Waals surface area (Å²) in [7, 11) is 0. The third-order valence-electron chi connectivity index (χ3n) is 6.09. The van der Waals surface area contributed by atoms with Gasteiger partial charge in [0.1, 0.15) is 0 Å². The number of amides is 1. The van der Waals surface area contributed by atoms with Crippen molar-refractivity contribution in [1.82, 2.24) is 5.32 Å². The van der Waals surface area contributed by atoms with Gasteiger partial charge in [0.25, 0.3) is 5.91 Å². The number of aryl methyl sites for hydroxylation is 2. The number of nitrogens with one attached hydrogen (secondary N) is 1. The van der Waals surface area contributed by atoms with Crippen LogP contribution in [-0.2, 0) is 4.79 Å². The van der Waals surface area contributed by atoms with Crippen molar-refractivity contribution in [2.45, 2.75) is 53.5 Å². The lowest BCUT2D eigenvalue weighted by atomic mass is 9.86. The van der Waals surface area contributed by atoms with Crippen LogP contribution in [0.4, 0.5) is 11.4 Å². The topological polar surface area (TPSA) is 44.7 Å². The second kappa shape index (κ2) is 8.62. The number of hydrogen-bond acceptors (Lipinski definition) is 4. The fourth-order valence-electron chi connectivity index (χ4n) is 4.45. The molecule has 1 saturated heterocycles. The summed E-state index contributed by atoms with van der Waals surface area (Å²) in [5.74, 6) is -0.0968. The highest BCUT2D eigenvalue weighted by atomic mass is 32.2. The summed E-state index contributed by atoms with van der Waals surface area (Å²) < 4.78 is 0. The van der Waals surface area contributed by atoms with Gasteiger partial charge in [-0.15, -0.1) is 0 Å². The van der Waals surface area contributed by atoms with Crippen LogP contribution in [0.25, 0.3) is 11.6 Å². The Morgan fingerprint density at radius 2 is 1.88 bits per heavy atom. The van der Waals surface area contributed by atoms with E-state index < -0.39 is 0 Å². The van der Waals surface area contributed by atoms with E-state index in [-0.39, 0.29) is 11.4 Å². The number of amidine groups is 1. The molecule has 32 heavy (non-hydrogen) atoms. The maximum absolute atomic E-state index is 12.7. The molecule has 0 atom stereocenters. The first-order valence-corrected chi connectivity index (χ1v) is 12.0. The van der Waals surface area contributed by atoms with Gasteiger partial charge >= 0.3 is 0 Å². The van der Waals surface area contributed by atoms with Crippen LogP contribution in [0.3, 0.4) is 0 Å². The molecule has 2 aliphatic rings. The third kappa shape index (κ3) is 4.26. The number of hydrogen-bond donors (Lipinski definition) is 1. The van der Waals surface area contributed by atoms with Crippen molar-refractivity contribution in [2.75, 3.05) is 11.4 Å². The molecule has 166 valence electrons. The minimum atomic E-state index is -0.0968. The van der Waals surface area contributed by atoms with Crippen LogP contribution in [0.1, 0.15) is 56.4 Å². The van der Waals surface area contributed by atoms with Crippen molar-refractivity contribution in [3.8, 4) is 0 Å². The molecule has 2 aromatic carbocycles. The van der Waals surface area contributed by atoms with E-state index in [0.29, 0.717) is 10.1 Å². The quantitative estimate of drug-likeness (QED) is 0.539. The molecule has 0 bridgehead atoms. The largest absolute Gasteiger partial charge is 0.362 e. The number of carbonyl (C=O) groups excluding carboxylic acids is 1. The van der Waals surface area contributed by atoms with Crippen molar-refractivity contribution >= 4 is 45.9 Å². The fourth-order valence-corrected chi connectivity index (χ4v) is 5.28. The van der Waals surface area contributed by atoms with E-state index in [0.717, 1.165) is 29.8 Å². The highest BCUT2D eigenvalue weighted by molar-refractivity contribution is 8.18. The number of fused-ring (bicyclic) bond motifs is 1. The van der Waals surface area contributed by atoms with Crippen LogP contribution in [0.5, 0.6) is 0 Å². The van der Waals surface area contributed by atoms with Crippen LogP contribution >= 0.6 is 11.8 Å². The van der Waals surface area contributed by atoms with Crippen molar-refractivity contribution < 1.29 is 4.79 Å². The SMILES string of the molecule is CCCN1c2cc(C)c(/C=C3/SC(=Nc4ccccc4C)NC3=O)cc2C(C)=CC1(C)C. The molecule has 0 unspecified atom stereocenters. The van der Waals surface area contributed by atoms with Gasteiger partial charge in [-0.1, -0.05) is 31.2 Å². The Kier molecular flexibility index (Phi) is 6.04. The number of rotatable bonds is 4. The summed E-state index contributed by atoms with van der Waals surface area (Å²) in [6.07, 6.45) is 5.44. The lowest BCUT2D eigenvalue weighted by molar-refractivity contribution is -0.115. The van der Waals surface area contributed by atoms with Gasteiger partial charge in [-0.2, -0.15) is 0 Å². The first-order valence-electron chi connectivity index (χ1n) is 11.2. The van der Waals surface area contributed by atoms with Gasteiger partial charge in [0, 0.05) is 17.8 Å². The average molecular weight is 446 g/mol. The summed E-state index contributed by atoms with van der Waals surface area (Å²) in [4.78, 5) is 20.5. The number of nitrogens with zero attached hydrogens (tertiary/aromatic N) is 2. The number of anilines is 1. The molecule has 0 radical (unpaired) electrons. The van der Waals surface area contributed by atoms with Crippen molar-refractivity contribution in [3.63, 3.8) is 0 Å². The van der Waals surface area contributed by atoms with Crippen molar-refractivity contribution in [2.24, 2.45) is 4.99 Å². The number of thioether (sulfide) groups is 1. The van der Waals surface area contributed by atoms with Crippen LogP contribution < -0.4 is 10.2 Å². The predicted molar refractivity (Wildman–Crippen MR) is 139 cm³/mol. The third-order valence-corrected chi connectivity index (χ3v) is 7.00. The number of benzene rings is 2. The van der Waals surface area contributed by atoms with E-state index in [1.807, 2.05) is 37.3 Å². The van der Waals surface area contributed by atoms with Gasteiger partial charge in [0.2, 0.25) is 0 Å². The molecule has 4 nitrogen and oxygen atoms in total. The molecular formula is C27H31N3OS. The molecule has 0 aliphatic carbocycles. The molecule has 0 spiro atoms. The lowest BCUT2D eigenvalue weighted by Crippen LogP contribution is -2.45. The zero-order chi connectivity index (χ0) is 23.0. The maximum atomic E-state index is 12.7. The van der Waals surface area contributed by atoms with Gasteiger partial charge in [0.15, 0.2) is 5.17 Å². The zero-order valence-electron chi connectivity index (χ0n) is 19.7. The minimum Gasteiger partial charge on any atom is -0.362 e. The number of carbonyl (C=O) groups is 1. The van der Waals surface area contributed by atoms with Gasteiger partial charge in [-0.05, 0) is 99.3 Å². The molecule has 0 saturated carbocycles. The summed E-state index contributed by atoms with van der Waals surface area (Å²) in [5.41, 5.74) is 7.99. The highest BCUT2D eigenvalue weighted by Crippen LogP contribution is 2.41. The van der Waals surface area contributed by atoms with Crippen molar-refractivity contribution in [1.29, 1.82) is 0 Å². The molecule has 2 heterocycles. The van der Waals surface area contributed by atoms with Gasteiger partial charge in [-0.25, -0.2) is 4.99 Å². The van der Waals surface area contributed by atoms with Crippen LogP contribution in [0.15, 0.2) is 52.4 Å². The van der Waals surface area contributed by atoms with Crippen LogP contribution in [0, 0.1) is 13.8 Å². The predicted octanol–water partition coefficient (Wildman–Crippen LogP) is 6.61. The Morgan fingerprint density at radius 1 is 1.12 bits per heavy atom. The molecule has 1 N–H and O–H groups in total. The van der Waals surface area contributed by atoms with E-state index >= 15 is 0 Å². The average Bonchev–Trinajstić information content (AvgIpc) is 3.06. The second-order valence-corrected chi connectivity index (χ2v) is 10.2. The normalized spacial score (nSPS) is 19.9. The number of allylic oxidation sites excluding steroid dienone is 1. The molecular weight excluding hydrogens is 414 g/mol. The Bertz CT molecular complexity index is 1170. The Balaban J connectivity index is 1.69. The molecule has 2 aliphatic heterocycles. The zero-order valence-corrected chi connectivity index (χ0v) is 20.6. The second-order valence-electron chi connectivity index (χ2n) is 9.13. The summed E-state index contributed by atoms with van der Waals surface area (Å²) in [6, 6.07) is 12.4. The van der Waals surface area contributed by atoms with Gasteiger partial charge in [-0.3, -0.25) is 4.79 Å². The minimum absolute atomic E-state index is 0.0123. The molecule has 5 heteroatoms. The Morgan fingerprint density at radius 3 is 2.59 bits per heavy atom. The molecule has 0 aromatic heterocycles. The summed E-state index contributed by atoms with van der Waals surface area (Å²) in [5, 5.41) is 3.53. The van der Waals surface area contributed by atoms with E-state index in [9.17, 15) is 4.79 Å². The smallest absolute Gasteiger partial charge is 0.264 e. The molecule has 4 rings (SSSR count). The monoisotopic (exact) mass is 445 g/mol. The molecule has 1 fully saturated rings. The Labute approximate surface area is 195 Å². The highest BCUT2D eigenvalue weighted by Gasteiger charge is 2.31. The van der Waals surface area contributed by atoms with E-state index in [1.165, 1.54) is 34.1 Å².